The van der Waals surface area contributed by atoms with Crippen molar-refractivity contribution < 1.29 is 28.4 Å². The Morgan fingerprint density at radius 2 is 0.643 bits per heavy atom. The number of nitrogens with zero attached hydrogens (tertiary/aromatic N) is 3. The van der Waals surface area contributed by atoms with Crippen LogP contribution >= 0.6 is 0 Å². The average molecular weight is 968 g/mol. The summed E-state index contributed by atoms with van der Waals surface area (Å²) >= 11 is 0. The molecule has 11 nitrogen and oxygen atoms in total. The SMILES string of the molecule is CCCCCCOc1cc(Nc2nc(Nc3cc(OCCCCCC)c(OCCCCCC)c(OCCCCCC)c3)nc(-c3ccc(CC)cc3)n2)cc(OCCCCCC)c1OCCCCCC. The largest absolute Gasteiger partial charge is 0.489 e. The molecule has 0 aliphatic rings. The molecule has 0 fully saturated rings. The van der Waals surface area contributed by atoms with Crippen molar-refractivity contribution in [2.24, 2.45) is 0 Å². The fourth-order valence-electron chi connectivity index (χ4n) is 8.03. The number of rotatable bonds is 42. The number of unbranched alkanes of at least 4 members (excludes halogenated alkanes) is 18. The molecule has 0 radical (unpaired) electrons. The van der Waals surface area contributed by atoms with Gasteiger partial charge in [-0.1, -0.05) is 188 Å². The maximum Gasteiger partial charge on any atom is 0.232 e. The van der Waals surface area contributed by atoms with Gasteiger partial charge in [0.15, 0.2) is 28.8 Å². The first-order valence-electron chi connectivity index (χ1n) is 28.0. The van der Waals surface area contributed by atoms with Crippen LogP contribution in [0, 0.1) is 0 Å². The zero-order chi connectivity index (χ0) is 49.9. The van der Waals surface area contributed by atoms with E-state index in [4.69, 9.17) is 43.4 Å². The van der Waals surface area contributed by atoms with E-state index in [-0.39, 0.29) is 0 Å². The zero-order valence-corrected chi connectivity index (χ0v) is 44.8. The van der Waals surface area contributed by atoms with Gasteiger partial charge in [-0.05, 0) is 50.5 Å². The van der Waals surface area contributed by atoms with E-state index in [9.17, 15) is 0 Å². The van der Waals surface area contributed by atoms with Crippen molar-refractivity contribution in [3.8, 4) is 45.9 Å². The number of nitrogens with one attached hydrogen (secondary N) is 2. The van der Waals surface area contributed by atoms with E-state index >= 15 is 0 Å². The van der Waals surface area contributed by atoms with Crippen molar-refractivity contribution in [1.29, 1.82) is 0 Å². The summed E-state index contributed by atoms with van der Waals surface area (Å²) in [4.78, 5) is 15.1. The zero-order valence-electron chi connectivity index (χ0n) is 44.8. The first-order chi connectivity index (χ1) is 34.5. The second-order valence-corrected chi connectivity index (χ2v) is 18.7. The lowest BCUT2D eigenvalue weighted by molar-refractivity contribution is 0.235. The molecule has 3 aromatic carbocycles. The summed E-state index contributed by atoms with van der Waals surface area (Å²) < 4.78 is 39.4. The van der Waals surface area contributed by atoms with Crippen LogP contribution < -0.4 is 39.1 Å². The second-order valence-electron chi connectivity index (χ2n) is 18.7. The van der Waals surface area contributed by atoms with Crippen molar-refractivity contribution in [2.45, 2.75) is 209 Å². The summed E-state index contributed by atoms with van der Waals surface area (Å²) in [7, 11) is 0. The third-order valence-electron chi connectivity index (χ3n) is 12.3. The second kappa shape index (κ2) is 36.1. The fraction of sp³-hybridized carbons (Fsp3) is 0.644. The van der Waals surface area contributed by atoms with Gasteiger partial charge in [-0.3, -0.25) is 0 Å². The molecule has 0 atom stereocenters. The predicted molar refractivity (Wildman–Crippen MR) is 292 cm³/mol. The lowest BCUT2D eigenvalue weighted by atomic mass is 10.1. The van der Waals surface area contributed by atoms with Gasteiger partial charge in [-0.25, -0.2) is 0 Å². The van der Waals surface area contributed by atoms with Crippen molar-refractivity contribution in [3.63, 3.8) is 0 Å². The standard InChI is InChI=1S/C59H93N5O6/c1-8-15-21-27-37-65-51-43-49(44-52(66-38-28-22-16-9-2)55(51)69-41-31-25-19-12-5)60-58-62-57(48-35-33-47(14-7)34-36-48)63-59(64-58)61-50-45-53(67-39-29-23-17-10-3)56(70-42-32-26-20-13-6)54(46-50)68-40-30-24-18-11-4/h33-36,43-46H,8-32,37-42H2,1-7H3,(H2,60,61,62,63,64). The van der Waals surface area contributed by atoms with Crippen LogP contribution in [0.1, 0.15) is 208 Å². The molecule has 0 saturated carbocycles. The Balaban J connectivity index is 1.80. The summed E-state index contributed by atoms with van der Waals surface area (Å²) in [5, 5.41) is 7.10. The number of aromatic nitrogens is 3. The molecule has 1 aromatic heterocycles. The molecule has 0 amide bonds. The van der Waals surface area contributed by atoms with E-state index in [0.717, 1.165) is 126 Å². The molecule has 0 spiro atoms. The predicted octanol–water partition coefficient (Wildman–Crippen LogP) is 17.3. The van der Waals surface area contributed by atoms with Gasteiger partial charge >= 0.3 is 0 Å². The highest BCUT2D eigenvalue weighted by molar-refractivity contribution is 5.70. The van der Waals surface area contributed by atoms with Gasteiger partial charge in [0.1, 0.15) is 0 Å². The van der Waals surface area contributed by atoms with Crippen LogP contribution in [-0.4, -0.2) is 54.6 Å². The normalized spacial score (nSPS) is 11.1. The summed E-state index contributed by atoms with van der Waals surface area (Å²) in [6.07, 6.45) is 27.4. The highest BCUT2D eigenvalue weighted by Crippen LogP contribution is 2.44. The minimum atomic E-state index is 0.370. The van der Waals surface area contributed by atoms with E-state index in [1.54, 1.807) is 0 Å². The minimum Gasteiger partial charge on any atom is -0.489 e. The number of anilines is 4. The van der Waals surface area contributed by atoms with E-state index in [0.29, 0.717) is 91.9 Å². The number of hydrogen-bond acceptors (Lipinski definition) is 11. The Hall–Kier alpha value is -4.93. The summed E-state index contributed by atoms with van der Waals surface area (Å²) in [6.45, 7) is 19.0. The Labute approximate surface area is 424 Å². The van der Waals surface area contributed by atoms with E-state index in [1.807, 2.05) is 24.3 Å². The fourth-order valence-corrected chi connectivity index (χ4v) is 8.03. The number of aryl methyl sites for hydroxylation is 1. The number of ether oxygens (including phenoxy) is 6. The summed E-state index contributed by atoms with van der Waals surface area (Å²) in [6, 6.07) is 16.4. The third-order valence-corrected chi connectivity index (χ3v) is 12.3. The third kappa shape index (κ3) is 22.0. The van der Waals surface area contributed by atoms with Crippen LogP contribution in [0.5, 0.6) is 34.5 Å². The molecule has 0 bridgehead atoms. The monoisotopic (exact) mass is 968 g/mol. The van der Waals surface area contributed by atoms with Gasteiger partial charge in [0.2, 0.25) is 23.4 Å². The van der Waals surface area contributed by atoms with Gasteiger partial charge in [0.05, 0.1) is 39.6 Å². The van der Waals surface area contributed by atoms with Gasteiger partial charge in [0.25, 0.3) is 0 Å². The highest BCUT2D eigenvalue weighted by Gasteiger charge is 2.20. The molecule has 0 unspecified atom stereocenters. The maximum absolute atomic E-state index is 6.57. The van der Waals surface area contributed by atoms with Gasteiger partial charge in [-0.2, -0.15) is 15.0 Å². The first-order valence-corrected chi connectivity index (χ1v) is 28.0. The van der Waals surface area contributed by atoms with E-state index < -0.39 is 0 Å². The molecule has 0 saturated heterocycles. The average Bonchev–Trinajstić information content (AvgIpc) is 3.37. The highest BCUT2D eigenvalue weighted by atomic mass is 16.5. The smallest absolute Gasteiger partial charge is 0.232 e. The minimum absolute atomic E-state index is 0.370. The van der Waals surface area contributed by atoms with Gasteiger partial charge in [-0.15, -0.1) is 0 Å². The number of benzene rings is 3. The Bertz CT molecular complexity index is 1790. The van der Waals surface area contributed by atoms with Crippen molar-refractivity contribution in [1.82, 2.24) is 15.0 Å². The molecule has 1 heterocycles. The van der Waals surface area contributed by atoms with Crippen LogP contribution in [0.4, 0.5) is 23.3 Å². The summed E-state index contributed by atoms with van der Waals surface area (Å²) in [5.74, 6) is 5.19. The molecule has 2 N–H and O–H groups in total. The first kappa shape index (κ1) is 57.6. The molecule has 11 heteroatoms. The molecule has 0 aliphatic carbocycles. The van der Waals surface area contributed by atoms with Gasteiger partial charge in [0, 0.05) is 41.2 Å². The van der Waals surface area contributed by atoms with Crippen molar-refractivity contribution >= 4 is 23.3 Å². The van der Waals surface area contributed by atoms with E-state index in [1.165, 1.54) is 56.9 Å². The summed E-state index contributed by atoms with van der Waals surface area (Å²) in [5.41, 5.74) is 3.58. The molecule has 4 rings (SSSR count). The quantitative estimate of drug-likeness (QED) is 0.0413. The number of hydrogen-bond donors (Lipinski definition) is 2. The van der Waals surface area contributed by atoms with E-state index in [2.05, 4.69) is 83.4 Å². The molecule has 70 heavy (non-hydrogen) atoms. The van der Waals surface area contributed by atoms with Crippen LogP contribution in [0.3, 0.4) is 0 Å². The maximum atomic E-state index is 6.57. The molecular formula is C59H93N5O6. The topological polar surface area (TPSA) is 118 Å². The Morgan fingerprint density at radius 1 is 0.343 bits per heavy atom. The van der Waals surface area contributed by atoms with Crippen LogP contribution in [0.15, 0.2) is 48.5 Å². The van der Waals surface area contributed by atoms with Gasteiger partial charge < -0.3 is 39.1 Å². The molecule has 0 aliphatic heterocycles. The van der Waals surface area contributed by atoms with Crippen LogP contribution in [-0.2, 0) is 6.42 Å². The lowest BCUT2D eigenvalue weighted by Crippen LogP contribution is -2.09. The molecular weight excluding hydrogens is 875 g/mol. The van der Waals surface area contributed by atoms with Crippen molar-refractivity contribution in [3.05, 3.63) is 54.1 Å². The molecule has 390 valence electrons. The Morgan fingerprint density at radius 3 is 0.929 bits per heavy atom. The van der Waals surface area contributed by atoms with Crippen molar-refractivity contribution in [2.75, 3.05) is 50.3 Å². The molecule has 4 aromatic rings. The lowest BCUT2D eigenvalue weighted by Gasteiger charge is -2.20. The van der Waals surface area contributed by atoms with Crippen LogP contribution in [0.25, 0.3) is 11.4 Å². The van der Waals surface area contributed by atoms with Crippen LogP contribution in [0.2, 0.25) is 0 Å². The Kier molecular flexibility index (Phi) is 29.7.